The maximum Gasteiger partial charge on any atom is 0.175 e. The van der Waals surface area contributed by atoms with Crippen molar-refractivity contribution in [1.29, 1.82) is 0 Å². The van der Waals surface area contributed by atoms with Crippen LogP contribution < -0.4 is 5.43 Å². The van der Waals surface area contributed by atoms with Crippen LogP contribution in [0.15, 0.2) is 29.2 Å². The van der Waals surface area contributed by atoms with Crippen LogP contribution in [0.25, 0.3) is 0 Å². The molecule has 5 heteroatoms. The van der Waals surface area contributed by atoms with Gasteiger partial charge in [-0.3, -0.25) is 0 Å². The zero-order valence-corrected chi connectivity index (χ0v) is 14.2. The van der Waals surface area contributed by atoms with Gasteiger partial charge >= 0.3 is 0 Å². The van der Waals surface area contributed by atoms with Crippen LogP contribution in [0.1, 0.15) is 51.6 Å². The van der Waals surface area contributed by atoms with E-state index in [1.807, 2.05) is 12.1 Å². The molecule has 2 rings (SSSR count). The van der Waals surface area contributed by atoms with E-state index in [-0.39, 0.29) is 6.04 Å². The molecule has 1 saturated heterocycles. The third-order valence-corrected chi connectivity index (χ3v) is 5.47. The van der Waals surface area contributed by atoms with Gasteiger partial charge < -0.3 is 0 Å². The van der Waals surface area contributed by atoms with Gasteiger partial charge in [-0.1, -0.05) is 18.6 Å². The molecule has 3 atom stereocenters. The highest BCUT2D eigenvalue weighted by molar-refractivity contribution is 7.90. The minimum atomic E-state index is -3.12. The Bertz CT molecular complexity index is 558. The molecule has 0 radical (unpaired) electrons. The summed E-state index contributed by atoms with van der Waals surface area (Å²) in [5, 5.41) is 2.35. The SMILES string of the molecule is CC(NN1C(C)CCCC1C)c1ccc(S(C)(=O)=O)cc1. The fourth-order valence-electron chi connectivity index (χ4n) is 2.98. The van der Waals surface area contributed by atoms with Gasteiger partial charge in [0, 0.05) is 24.4 Å². The fraction of sp³-hybridized carbons (Fsp3) is 0.625. The summed E-state index contributed by atoms with van der Waals surface area (Å²) in [6, 6.07) is 8.40. The minimum Gasteiger partial charge on any atom is -0.247 e. The lowest BCUT2D eigenvalue weighted by Crippen LogP contribution is -2.52. The lowest BCUT2D eigenvalue weighted by atomic mass is 9.99. The number of nitrogens with one attached hydrogen (secondary N) is 1. The molecule has 3 unspecified atom stereocenters. The van der Waals surface area contributed by atoms with Crippen molar-refractivity contribution in [3.8, 4) is 0 Å². The van der Waals surface area contributed by atoms with Crippen LogP contribution in [-0.2, 0) is 9.84 Å². The number of rotatable bonds is 4. The molecular formula is C16H26N2O2S. The third kappa shape index (κ3) is 4.05. The first-order chi connectivity index (χ1) is 9.79. The highest BCUT2D eigenvalue weighted by Gasteiger charge is 2.26. The van der Waals surface area contributed by atoms with Gasteiger partial charge in [-0.25, -0.2) is 18.9 Å². The van der Waals surface area contributed by atoms with Crippen LogP contribution >= 0.6 is 0 Å². The molecule has 1 aliphatic heterocycles. The Morgan fingerprint density at radius 2 is 1.67 bits per heavy atom. The van der Waals surface area contributed by atoms with E-state index < -0.39 is 9.84 Å². The van der Waals surface area contributed by atoms with Gasteiger partial charge in [-0.15, -0.1) is 0 Å². The van der Waals surface area contributed by atoms with E-state index in [1.165, 1.54) is 25.5 Å². The Kier molecular flexibility index (Phi) is 5.07. The molecule has 1 aromatic carbocycles. The van der Waals surface area contributed by atoms with E-state index >= 15 is 0 Å². The van der Waals surface area contributed by atoms with Crippen molar-refractivity contribution < 1.29 is 8.42 Å². The zero-order valence-electron chi connectivity index (χ0n) is 13.3. The lowest BCUT2D eigenvalue weighted by molar-refractivity contribution is 0.0320. The molecule has 1 fully saturated rings. The second-order valence-electron chi connectivity index (χ2n) is 6.23. The molecule has 1 aromatic rings. The van der Waals surface area contributed by atoms with E-state index in [0.29, 0.717) is 17.0 Å². The highest BCUT2D eigenvalue weighted by Crippen LogP contribution is 2.23. The summed E-state index contributed by atoms with van der Waals surface area (Å²) < 4.78 is 23.0. The van der Waals surface area contributed by atoms with Crippen LogP contribution in [0.2, 0.25) is 0 Å². The number of hydrogen-bond donors (Lipinski definition) is 1. The van der Waals surface area contributed by atoms with Crippen molar-refractivity contribution in [3.05, 3.63) is 29.8 Å². The number of sulfone groups is 1. The van der Waals surface area contributed by atoms with Crippen LogP contribution in [0, 0.1) is 0 Å². The standard InChI is InChI=1S/C16H26N2O2S/c1-12-6-5-7-13(2)18(12)17-14(3)15-8-10-16(11-9-15)21(4,19)20/h8-14,17H,5-7H2,1-4H3. The first-order valence-corrected chi connectivity index (χ1v) is 9.52. The monoisotopic (exact) mass is 310 g/mol. The van der Waals surface area contributed by atoms with Crippen molar-refractivity contribution in [1.82, 2.24) is 10.4 Å². The van der Waals surface area contributed by atoms with Crippen LogP contribution in [0.3, 0.4) is 0 Å². The number of piperidine rings is 1. The van der Waals surface area contributed by atoms with E-state index in [9.17, 15) is 8.42 Å². The highest BCUT2D eigenvalue weighted by atomic mass is 32.2. The second kappa shape index (κ2) is 6.46. The Morgan fingerprint density at radius 3 is 2.14 bits per heavy atom. The molecule has 0 spiro atoms. The van der Waals surface area contributed by atoms with Crippen molar-refractivity contribution >= 4 is 9.84 Å². The van der Waals surface area contributed by atoms with Crippen molar-refractivity contribution in [2.24, 2.45) is 0 Å². The summed E-state index contributed by atoms with van der Waals surface area (Å²) in [6.07, 6.45) is 4.97. The van der Waals surface area contributed by atoms with E-state index in [0.717, 1.165) is 5.56 Å². The molecule has 1 N–H and O–H groups in total. The molecule has 21 heavy (non-hydrogen) atoms. The lowest BCUT2D eigenvalue weighted by Gasteiger charge is -2.41. The average Bonchev–Trinajstić information content (AvgIpc) is 2.42. The predicted octanol–water partition coefficient (Wildman–Crippen LogP) is 2.92. The van der Waals surface area contributed by atoms with Gasteiger partial charge in [0.05, 0.1) is 4.90 Å². The number of hydrazine groups is 1. The summed E-state index contributed by atoms with van der Waals surface area (Å²) >= 11 is 0. The Hall–Kier alpha value is -0.910. The number of nitrogens with zero attached hydrogens (tertiary/aromatic N) is 1. The van der Waals surface area contributed by atoms with Gasteiger partial charge in [0.25, 0.3) is 0 Å². The Labute approximate surface area is 128 Å². The van der Waals surface area contributed by atoms with Crippen molar-refractivity contribution in [3.63, 3.8) is 0 Å². The molecule has 1 heterocycles. The fourth-order valence-corrected chi connectivity index (χ4v) is 3.61. The summed E-state index contributed by atoms with van der Waals surface area (Å²) in [6.45, 7) is 6.62. The molecular weight excluding hydrogens is 284 g/mol. The average molecular weight is 310 g/mol. The maximum absolute atomic E-state index is 11.5. The van der Waals surface area contributed by atoms with E-state index in [1.54, 1.807) is 12.1 Å². The third-order valence-electron chi connectivity index (χ3n) is 4.34. The van der Waals surface area contributed by atoms with Gasteiger partial charge in [0.2, 0.25) is 0 Å². The van der Waals surface area contributed by atoms with E-state index in [2.05, 4.69) is 31.2 Å². The largest absolute Gasteiger partial charge is 0.247 e. The van der Waals surface area contributed by atoms with Gasteiger partial charge in [-0.2, -0.15) is 0 Å². The molecule has 0 amide bonds. The topological polar surface area (TPSA) is 49.4 Å². The smallest absolute Gasteiger partial charge is 0.175 e. The first-order valence-electron chi connectivity index (χ1n) is 7.63. The van der Waals surface area contributed by atoms with Gasteiger partial charge in [-0.05, 0) is 51.3 Å². The van der Waals surface area contributed by atoms with Crippen molar-refractivity contribution in [2.45, 2.75) is 63.1 Å². The summed E-state index contributed by atoms with van der Waals surface area (Å²) in [4.78, 5) is 0.373. The summed E-state index contributed by atoms with van der Waals surface area (Å²) in [5.41, 5.74) is 4.68. The summed E-state index contributed by atoms with van der Waals surface area (Å²) in [5.74, 6) is 0. The Balaban J connectivity index is 2.08. The van der Waals surface area contributed by atoms with Crippen LogP contribution in [0.5, 0.6) is 0 Å². The van der Waals surface area contributed by atoms with Crippen LogP contribution in [-0.4, -0.2) is 31.8 Å². The molecule has 0 aliphatic carbocycles. The maximum atomic E-state index is 11.5. The number of hydrogen-bond acceptors (Lipinski definition) is 4. The minimum absolute atomic E-state index is 0.168. The molecule has 0 bridgehead atoms. The predicted molar refractivity (Wildman–Crippen MR) is 85.7 cm³/mol. The zero-order chi connectivity index (χ0) is 15.6. The number of benzene rings is 1. The van der Waals surface area contributed by atoms with Gasteiger partial charge in [0.15, 0.2) is 9.84 Å². The molecule has 118 valence electrons. The van der Waals surface area contributed by atoms with E-state index in [4.69, 9.17) is 0 Å². The summed E-state index contributed by atoms with van der Waals surface area (Å²) in [7, 11) is -3.12. The molecule has 0 saturated carbocycles. The molecule has 4 nitrogen and oxygen atoms in total. The molecule has 0 aromatic heterocycles. The van der Waals surface area contributed by atoms with Crippen molar-refractivity contribution in [2.75, 3.05) is 6.26 Å². The quantitative estimate of drug-likeness (QED) is 0.929. The van der Waals surface area contributed by atoms with Gasteiger partial charge in [0.1, 0.15) is 0 Å². The Morgan fingerprint density at radius 1 is 1.14 bits per heavy atom. The second-order valence-corrected chi connectivity index (χ2v) is 8.24. The van der Waals surface area contributed by atoms with Crippen LogP contribution in [0.4, 0.5) is 0 Å². The normalized spacial score (nSPS) is 25.7. The first kappa shape index (κ1) is 16.5. The molecule has 1 aliphatic rings.